The first kappa shape index (κ1) is 53.3. The lowest BCUT2D eigenvalue weighted by Crippen LogP contribution is -2.53. The second kappa shape index (κ2) is 43.4. The summed E-state index contributed by atoms with van der Waals surface area (Å²) in [5.74, 6) is -0.582. The maximum atomic E-state index is 12.5. The zero-order chi connectivity index (χ0) is 39.6. The summed E-state index contributed by atoms with van der Waals surface area (Å²) in [6, 6.07) is -0.977. The maximum absolute atomic E-state index is 12.5. The molecule has 1 amide bonds. The van der Waals surface area contributed by atoms with Gasteiger partial charge in [-0.2, -0.15) is 0 Å². The molecule has 0 heterocycles. The Labute approximate surface area is 337 Å². The summed E-state index contributed by atoms with van der Waals surface area (Å²) < 4.78 is 0. The van der Waals surface area contributed by atoms with Gasteiger partial charge in [-0.15, -0.1) is 0 Å². The molecule has 0 spiro atoms. The predicted molar refractivity (Wildman–Crippen MR) is 233 cm³/mol. The molecule has 6 heteroatoms. The predicted octanol–water partition coefficient (Wildman–Crippen LogP) is 13.2. The molecule has 0 saturated heterocycles. The zero-order valence-corrected chi connectivity index (χ0v) is 36.5. The van der Waals surface area contributed by atoms with Crippen LogP contribution in [0.15, 0.2) is 0 Å². The van der Waals surface area contributed by atoms with Crippen LogP contribution in [0.4, 0.5) is 0 Å². The van der Waals surface area contributed by atoms with Crippen molar-refractivity contribution in [3.63, 3.8) is 0 Å². The van der Waals surface area contributed by atoms with Crippen LogP contribution in [-0.4, -0.2) is 57.3 Å². The number of hydrogen-bond acceptors (Lipinski definition) is 5. The molecule has 0 aromatic carbocycles. The fourth-order valence-corrected chi connectivity index (χ4v) is 7.94. The molecule has 0 bridgehead atoms. The van der Waals surface area contributed by atoms with Crippen LogP contribution in [0, 0.1) is 0 Å². The molecular formula is C48H97NO5. The number of hydrogen-bond donors (Lipinski definition) is 5. The first-order valence-electron chi connectivity index (χ1n) is 24.4. The topological polar surface area (TPSA) is 110 Å². The Bertz CT molecular complexity index is 736. The van der Waals surface area contributed by atoms with Crippen LogP contribution in [0.1, 0.15) is 271 Å². The lowest BCUT2D eigenvalue weighted by molar-refractivity contribution is -0.132. The van der Waals surface area contributed by atoms with Crippen molar-refractivity contribution in [1.82, 2.24) is 5.32 Å². The molecule has 6 nitrogen and oxygen atoms in total. The second-order valence-corrected chi connectivity index (χ2v) is 17.2. The lowest BCUT2D eigenvalue weighted by Gasteiger charge is -2.27. The fraction of sp³-hybridized carbons (Fsp3) is 0.979. The van der Waals surface area contributed by atoms with Gasteiger partial charge in [0.2, 0.25) is 5.91 Å². The van der Waals surface area contributed by atoms with Crippen molar-refractivity contribution in [2.45, 2.75) is 295 Å². The number of aliphatic hydroxyl groups excluding tert-OH is 4. The summed E-state index contributed by atoms with van der Waals surface area (Å²) in [5, 5.41) is 43.4. The molecular weight excluding hydrogens is 671 g/mol. The van der Waals surface area contributed by atoms with E-state index in [9.17, 15) is 25.2 Å². The smallest absolute Gasteiger partial charge is 0.249 e. The average molecular weight is 768 g/mol. The molecule has 0 aliphatic rings. The van der Waals surface area contributed by atoms with E-state index >= 15 is 0 Å². The van der Waals surface area contributed by atoms with Crippen LogP contribution >= 0.6 is 0 Å². The van der Waals surface area contributed by atoms with Crippen molar-refractivity contribution in [1.29, 1.82) is 0 Å². The van der Waals surface area contributed by atoms with Crippen LogP contribution < -0.4 is 5.32 Å². The monoisotopic (exact) mass is 768 g/mol. The fourth-order valence-electron chi connectivity index (χ4n) is 7.94. The molecule has 0 aliphatic heterocycles. The standard InChI is InChI=1S/C48H97NO5/c1-3-5-7-9-11-12-13-14-15-16-17-18-19-20-21-22-23-24-25-26-27-28-29-30-31-32-33-34-36-38-40-42-46(52)48(54)49-44(43-50)47(53)45(51)41-39-37-35-10-8-6-4-2/h44-47,50-53H,3-43H2,1-2H3,(H,49,54). The summed E-state index contributed by atoms with van der Waals surface area (Å²) >= 11 is 0. The normalized spacial score (nSPS) is 14.0. The van der Waals surface area contributed by atoms with E-state index in [4.69, 9.17) is 0 Å². The molecule has 0 aromatic heterocycles. The molecule has 0 rings (SSSR count). The van der Waals surface area contributed by atoms with Crippen LogP contribution in [0.3, 0.4) is 0 Å². The van der Waals surface area contributed by atoms with Crippen molar-refractivity contribution in [2.24, 2.45) is 0 Å². The minimum Gasteiger partial charge on any atom is -0.394 e. The van der Waals surface area contributed by atoms with Gasteiger partial charge in [-0.05, 0) is 12.8 Å². The second-order valence-electron chi connectivity index (χ2n) is 17.2. The minimum atomic E-state index is -1.25. The number of amides is 1. The highest BCUT2D eigenvalue weighted by Gasteiger charge is 2.28. The highest BCUT2D eigenvalue weighted by Crippen LogP contribution is 2.18. The number of carbonyl (C=O) groups is 1. The lowest BCUT2D eigenvalue weighted by atomic mass is 9.99. The molecule has 54 heavy (non-hydrogen) atoms. The molecule has 324 valence electrons. The van der Waals surface area contributed by atoms with Gasteiger partial charge >= 0.3 is 0 Å². The summed E-state index contributed by atoms with van der Waals surface area (Å²) in [4.78, 5) is 12.5. The summed E-state index contributed by atoms with van der Waals surface area (Å²) in [6.07, 6.45) is 47.7. The molecule has 0 aromatic rings. The van der Waals surface area contributed by atoms with Crippen LogP contribution in [0.5, 0.6) is 0 Å². The van der Waals surface area contributed by atoms with Gasteiger partial charge in [-0.25, -0.2) is 0 Å². The van der Waals surface area contributed by atoms with E-state index in [1.165, 1.54) is 205 Å². The van der Waals surface area contributed by atoms with E-state index in [-0.39, 0.29) is 0 Å². The number of carbonyl (C=O) groups excluding carboxylic acids is 1. The first-order valence-corrected chi connectivity index (χ1v) is 24.4. The number of rotatable bonds is 45. The maximum Gasteiger partial charge on any atom is 0.249 e. The molecule has 0 aliphatic carbocycles. The van der Waals surface area contributed by atoms with E-state index < -0.39 is 36.9 Å². The van der Waals surface area contributed by atoms with Crippen LogP contribution in [0.25, 0.3) is 0 Å². The van der Waals surface area contributed by atoms with Gasteiger partial charge in [0, 0.05) is 0 Å². The van der Waals surface area contributed by atoms with Gasteiger partial charge in [-0.1, -0.05) is 258 Å². The van der Waals surface area contributed by atoms with Crippen molar-refractivity contribution < 1.29 is 25.2 Å². The van der Waals surface area contributed by atoms with Crippen molar-refractivity contribution in [3.05, 3.63) is 0 Å². The van der Waals surface area contributed by atoms with Gasteiger partial charge in [0.25, 0.3) is 0 Å². The van der Waals surface area contributed by atoms with Crippen LogP contribution in [0.2, 0.25) is 0 Å². The van der Waals surface area contributed by atoms with E-state index in [1.54, 1.807) is 0 Å². The SMILES string of the molecule is CCCCCCCCCCCCCCCCCCCCCCCCCCCCCCCCCC(O)C(=O)NC(CO)C(O)C(O)CCCCCCCCC. The average Bonchev–Trinajstić information content (AvgIpc) is 3.18. The quantitative estimate of drug-likeness (QED) is 0.0396. The van der Waals surface area contributed by atoms with Gasteiger partial charge in [0.05, 0.1) is 18.8 Å². The Kier molecular flexibility index (Phi) is 42.9. The Morgan fingerprint density at radius 3 is 0.889 bits per heavy atom. The van der Waals surface area contributed by atoms with E-state index in [0.717, 1.165) is 38.5 Å². The van der Waals surface area contributed by atoms with Gasteiger partial charge in [0.15, 0.2) is 0 Å². The van der Waals surface area contributed by atoms with E-state index in [2.05, 4.69) is 19.2 Å². The largest absolute Gasteiger partial charge is 0.394 e. The third-order valence-electron chi connectivity index (χ3n) is 11.8. The van der Waals surface area contributed by atoms with E-state index in [0.29, 0.717) is 12.8 Å². The van der Waals surface area contributed by atoms with Gasteiger partial charge in [0.1, 0.15) is 12.2 Å². The Hall–Kier alpha value is -0.690. The summed E-state index contributed by atoms with van der Waals surface area (Å²) in [7, 11) is 0. The van der Waals surface area contributed by atoms with Crippen molar-refractivity contribution >= 4 is 5.91 Å². The molecule has 0 radical (unpaired) electrons. The van der Waals surface area contributed by atoms with Crippen LogP contribution in [-0.2, 0) is 4.79 Å². The highest BCUT2D eigenvalue weighted by atomic mass is 16.3. The Balaban J connectivity index is 3.46. The summed E-state index contributed by atoms with van der Waals surface area (Å²) in [5.41, 5.74) is 0. The minimum absolute atomic E-state index is 0.375. The number of aliphatic hydroxyl groups is 4. The molecule has 4 atom stereocenters. The van der Waals surface area contributed by atoms with Gasteiger partial charge < -0.3 is 25.7 Å². The number of unbranched alkanes of at least 4 members (excludes halogenated alkanes) is 36. The Morgan fingerprint density at radius 2 is 0.630 bits per heavy atom. The van der Waals surface area contributed by atoms with Crippen molar-refractivity contribution in [3.8, 4) is 0 Å². The number of nitrogens with one attached hydrogen (secondary N) is 1. The first-order chi connectivity index (χ1) is 26.5. The van der Waals surface area contributed by atoms with E-state index in [1.807, 2.05) is 0 Å². The highest BCUT2D eigenvalue weighted by molar-refractivity contribution is 5.80. The molecule has 0 fully saturated rings. The third kappa shape index (κ3) is 36.9. The third-order valence-corrected chi connectivity index (χ3v) is 11.8. The molecule has 0 saturated carbocycles. The zero-order valence-electron chi connectivity index (χ0n) is 36.5. The van der Waals surface area contributed by atoms with Crippen molar-refractivity contribution in [2.75, 3.05) is 6.61 Å². The Morgan fingerprint density at radius 1 is 0.389 bits per heavy atom. The van der Waals surface area contributed by atoms with Gasteiger partial charge in [-0.3, -0.25) is 4.79 Å². The summed E-state index contributed by atoms with van der Waals surface area (Å²) in [6.45, 7) is 4.01. The molecule has 5 N–H and O–H groups in total. The molecule has 4 unspecified atom stereocenters.